The molecule has 0 atom stereocenters. The maximum absolute atomic E-state index is 12.9. The third-order valence-corrected chi connectivity index (χ3v) is 3.45. The fourth-order valence-corrected chi connectivity index (χ4v) is 2.37. The van der Waals surface area contributed by atoms with E-state index >= 15 is 0 Å². The van der Waals surface area contributed by atoms with Crippen molar-refractivity contribution in [1.82, 2.24) is 0 Å². The summed E-state index contributed by atoms with van der Waals surface area (Å²) in [7, 11) is 0. The molecule has 3 nitrogen and oxygen atoms in total. The molecule has 0 heterocycles. The first-order valence-electron chi connectivity index (χ1n) is 7.06. The molecule has 0 aromatic heterocycles. The van der Waals surface area contributed by atoms with Gasteiger partial charge >= 0.3 is 5.97 Å². The molecule has 0 amide bonds. The molecule has 0 radical (unpaired) electrons. The molecular weight excluding hydrogens is 342 g/mol. The van der Waals surface area contributed by atoms with Gasteiger partial charge in [0.25, 0.3) is 0 Å². The summed E-state index contributed by atoms with van der Waals surface area (Å²) in [6.45, 7) is 2.03. The summed E-state index contributed by atoms with van der Waals surface area (Å²) < 4.78 is 23.8. The quantitative estimate of drug-likeness (QED) is 0.512. The van der Waals surface area contributed by atoms with Crippen molar-refractivity contribution in [2.45, 2.75) is 26.4 Å². The Morgan fingerprint density at radius 2 is 1.87 bits per heavy atom. The molecule has 0 saturated heterocycles. The summed E-state index contributed by atoms with van der Waals surface area (Å²) in [4.78, 5) is 11.7. The number of carbonyl (C=O) groups is 1. The summed E-state index contributed by atoms with van der Waals surface area (Å²) in [5.41, 5.74) is 0.758. The highest BCUT2D eigenvalue weighted by molar-refractivity contribution is 6.36. The molecule has 6 heteroatoms. The second-order valence-corrected chi connectivity index (χ2v) is 5.70. The van der Waals surface area contributed by atoms with Gasteiger partial charge in [0.05, 0.1) is 5.02 Å². The summed E-state index contributed by atoms with van der Waals surface area (Å²) in [6, 6.07) is 8.88. The van der Waals surface area contributed by atoms with Crippen molar-refractivity contribution in [1.29, 1.82) is 0 Å². The Hall–Kier alpha value is -1.78. The molecule has 0 spiro atoms. The number of hydrogen-bond donors (Lipinski definition) is 0. The minimum atomic E-state index is -0.400. The monoisotopic (exact) mass is 356 g/mol. The molecule has 0 N–H and O–H groups in total. The second-order valence-electron chi connectivity index (χ2n) is 4.85. The predicted molar refractivity (Wildman–Crippen MR) is 87.7 cm³/mol. The maximum Gasteiger partial charge on any atom is 0.311 e. The van der Waals surface area contributed by atoms with E-state index in [-0.39, 0.29) is 35.4 Å². The third kappa shape index (κ3) is 5.12. The molecule has 0 aliphatic rings. The van der Waals surface area contributed by atoms with E-state index in [1.807, 2.05) is 6.92 Å². The first-order chi connectivity index (χ1) is 11.0. The highest BCUT2D eigenvalue weighted by atomic mass is 35.5. The van der Waals surface area contributed by atoms with Gasteiger partial charge in [-0.05, 0) is 30.2 Å². The molecule has 0 saturated carbocycles. The van der Waals surface area contributed by atoms with Gasteiger partial charge in [-0.15, -0.1) is 0 Å². The lowest BCUT2D eigenvalue weighted by molar-refractivity contribution is -0.134. The molecular formula is C17H15Cl2FO3. The van der Waals surface area contributed by atoms with Gasteiger partial charge in [-0.25, -0.2) is 4.39 Å². The standard InChI is InChI=1S/C17H15Cl2FO3/c1-2-3-16(21)23-17-14(19)8-12(18)9-15(17)22-10-11-4-6-13(20)7-5-11/h4-9H,2-3,10H2,1H3. The van der Waals surface area contributed by atoms with Gasteiger partial charge in [-0.2, -0.15) is 0 Å². The van der Waals surface area contributed by atoms with E-state index in [9.17, 15) is 9.18 Å². The number of carbonyl (C=O) groups excluding carboxylic acids is 1. The molecule has 0 unspecified atom stereocenters. The summed E-state index contributed by atoms with van der Waals surface area (Å²) in [5, 5.41) is 0.551. The van der Waals surface area contributed by atoms with Crippen LogP contribution in [0.25, 0.3) is 0 Å². The van der Waals surface area contributed by atoms with Crippen molar-refractivity contribution in [3.8, 4) is 11.5 Å². The van der Waals surface area contributed by atoms with E-state index < -0.39 is 5.97 Å². The van der Waals surface area contributed by atoms with Gasteiger partial charge in [0.1, 0.15) is 12.4 Å². The first kappa shape index (κ1) is 17.6. The Kier molecular flexibility index (Phi) is 6.25. The molecule has 122 valence electrons. The van der Waals surface area contributed by atoms with Crippen LogP contribution in [0.5, 0.6) is 11.5 Å². The smallest absolute Gasteiger partial charge is 0.311 e. The summed E-state index contributed by atoms with van der Waals surface area (Å²) in [6.07, 6.45) is 0.937. The van der Waals surface area contributed by atoms with Crippen molar-refractivity contribution in [3.05, 3.63) is 57.8 Å². The van der Waals surface area contributed by atoms with Gasteiger partial charge in [-0.1, -0.05) is 42.3 Å². The molecule has 0 bridgehead atoms. The van der Waals surface area contributed by atoms with Crippen molar-refractivity contribution in [2.24, 2.45) is 0 Å². The fraction of sp³-hybridized carbons (Fsp3) is 0.235. The molecule has 2 aromatic carbocycles. The van der Waals surface area contributed by atoms with E-state index in [0.29, 0.717) is 11.4 Å². The molecule has 23 heavy (non-hydrogen) atoms. The zero-order chi connectivity index (χ0) is 16.8. The SMILES string of the molecule is CCCC(=O)Oc1c(Cl)cc(Cl)cc1OCc1ccc(F)cc1. The predicted octanol–water partition coefficient (Wildman–Crippen LogP) is 5.42. The minimum Gasteiger partial charge on any atom is -0.485 e. The number of hydrogen-bond acceptors (Lipinski definition) is 3. The lowest BCUT2D eigenvalue weighted by atomic mass is 10.2. The van der Waals surface area contributed by atoms with Gasteiger partial charge < -0.3 is 9.47 Å². The zero-order valence-electron chi connectivity index (χ0n) is 12.4. The molecule has 0 fully saturated rings. The van der Waals surface area contributed by atoms with Gasteiger partial charge in [-0.3, -0.25) is 4.79 Å². The summed E-state index contributed by atoms with van der Waals surface area (Å²) >= 11 is 12.1. The van der Waals surface area contributed by atoms with Crippen LogP contribution in [0.15, 0.2) is 36.4 Å². The van der Waals surface area contributed by atoms with Crippen LogP contribution < -0.4 is 9.47 Å². The first-order valence-corrected chi connectivity index (χ1v) is 7.82. The number of ether oxygens (including phenoxy) is 2. The van der Waals surface area contributed by atoms with Crippen LogP contribution in [-0.4, -0.2) is 5.97 Å². The molecule has 0 aliphatic heterocycles. The lowest BCUT2D eigenvalue weighted by Gasteiger charge is -2.13. The van der Waals surface area contributed by atoms with Crippen LogP contribution in [0.2, 0.25) is 10.0 Å². The van der Waals surface area contributed by atoms with Gasteiger partial charge in [0.15, 0.2) is 11.5 Å². The van der Waals surface area contributed by atoms with E-state index in [4.69, 9.17) is 32.7 Å². The van der Waals surface area contributed by atoms with E-state index in [2.05, 4.69) is 0 Å². The molecule has 2 rings (SSSR count). The van der Waals surface area contributed by atoms with Crippen LogP contribution in [0.1, 0.15) is 25.3 Å². The molecule has 0 aliphatic carbocycles. The van der Waals surface area contributed by atoms with Crippen LogP contribution >= 0.6 is 23.2 Å². The number of halogens is 3. The Labute approximate surface area is 143 Å². The lowest BCUT2D eigenvalue weighted by Crippen LogP contribution is -2.09. The van der Waals surface area contributed by atoms with Crippen molar-refractivity contribution < 1.29 is 18.7 Å². The van der Waals surface area contributed by atoms with Crippen molar-refractivity contribution in [2.75, 3.05) is 0 Å². The van der Waals surface area contributed by atoms with Gasteiger partial charge in [0, 0.05) is 17.5 Å². The van der Waals surface area contributed by atoms with Crippen molar-refractivity contribution >= 4 is 29.2 Å². The summed E-state index contributed by atoms with van der Waals surface area (Å²) in [5.74, 6) is -0.329. The Bertz CT molecular complexity index is 687. The van der Waals surface area contributed by atoms with Crippen LogP contribution in [0.3, 0.4) is 0 Å². The van der Waals surface area contributed by atoms with Crippen LogP contribution in [0, 0.1) is 5.82 Å². The van der Waals surface area contributed by atoms with Crippen LogP contribution in [-0.2, 0) is 11.4 Å². The van der Waals surface area contributed by atoms with Crippen LogP contribution in [0.4, 0.5) is 4.39 Å². The number of rotatable bonds is 6. The average molecular weight is 357 g/mol. The fourth-order valence-electron chi connectivity index (χ4n) is 1.85. The highest BCUT2D eigenvalue weighted by Gasteiger charge is 2.16. The van der Waals surface area contributed by atoms with Crippen molar-refractivity contribution in [3.63, 3.8) is 0 Å². The Balaban J connectivity index is 2.18. The normalized spacial score (nSPS) is 10.4. The molecule has 2 aromatic rings. The number of benzene rings is 2. The maximum atomic E-state index is 12.9. The van der Waals surface area contributed by atoms with E-state index in [1.54, 1.807) is 12.1 Å². The average Bonchev–Trinajstić information content (AvgIpc) is 2.50. The largest absolute Gasteiger partial charge is 0.485 e. The number of esters is 1. The topological polar surface area (TPSA) is 35.5 Å². The highest BCUT2D eigenvalue weighted by Crippen LogP contribution is 2.38. The Morgan fingerprint density at radius 3 is 2.52 bits per heavy atom. The third-order valence-electron chi connectivity index (χ3n) is 2.95. The van der Waals surface area contributed by atoms with E-state index in [1.165, 1.54) is 24.3 Å². The Morgan fingerprint density at radius 1 is 1.17 bits per heavy atom. The minimum absolute atomic E-state index is 0.136. The van der Waals surface area contributed by atoms with E-state index in [0.717, 1.165) is 5.56 Å². The zero-order valence-corrected chi connectivity index (χ0v) is 14.0. The second kappa shape index (κ2) is 8.18. The van der Waals surface area contributed by atoms with Gasteiger partial charge in [0.2, 0.25) is 0 Å².